The minimum atomic E-state index is -3.65. The highest BCUT2D eigenvalue weighted by molar-refractivity contribution is 7.89. The Labute approximate surface area is 169 Å². The molecule has 0 spiro atoms. The first-order valence-corrected chi connectivity index (χ1v) is 10.9. The molecule has 1 aliphatic rings. The van der Waals surface area contributed by atoms with E-state index in [9.17, 15) is 13.2 Å². The highest BCUT2D eigenvalue weighted by Gasteiger charge is 2.27. The Morgan fingerprint density at radius 3 is 2.44 bits per heavy atom. The van der Waals surface area contributed by atoms with Gasteiger partial charge in [0.25, 0.3) is 5.91 Å². The number of hydrogen-bond donors (Lipinski definition) is 1. The number of nitrogens with one attached hydrogen (secondary N) is 1. The Morgan fingerprint density at radius 2 is 1.74 bits per heavy atom. The third kappa shape index (κ3) is 4.29. The molecule has 0 radical (unpaired) electrons. The molecule has 0 aromatic heterocycles. The van der Waals surface area contributed by atoms with Gasteiger partial charge in [0.1, 0.15) is 0 Å². The van der Waals surface area contributed by atoms with Crippen LogP contribution in [0.1, 0.15) is 35.2 Å². The maximum absolute atomic E-state index is 12.9. The van der Waals surface area contributed by atoms with E-state index in [1.165, 1.54) is 22.5 Å². The summed E-state index contributed by atoms with van der Waals surface area (Å²) in [6.45, 7) is 2.78. The van der Waals surface area contributed by atoms with Crippen LogP contribution in [-0.2, 0) is 10.0 Å². The lowest BCUT2D eigenvalue weighted by atomic mass is 10.1. The molecule has 1 fully saturated rings. The van der Waals surface area contributed by atoms with E-state index < -0.39 is 15.9 Å². The Balaban J connectivity index is 1.91. The molecule has 2 aromatic rings. The van der Waals surface area contributed by atoms with E-state index in [-0.39, 0.29) is 15.5 Å². The number of carbonyl (C=O) groups excluding carboxylic acids is 1. The maximum Gasteiger partial charge on any atom is 0.257 e. The average Bonchev–Trinajstić information content (AvgIpc) is 2.66. The number of amides is 1. The van der Waals surface area contributed by atoms with Crippen LogP contribution in [0, 0.1) is 6.92 Å². The van der Waals surface area contributed by atoms with Crippen molar-refractivity contribution in [3.05, 3.63) is 57.6 Å². The lowest BCUT2D eigenvalue weighted by molar-refractivity contribution is 0.102. The number of hydrogen-bond acceptors (Lipinski definition) is 3. The zero-order chi connectivity index (χ0) is 19.6. The second-order valence-electron chi connectivity index (χ2n) is 6.47. The Morgan fingerprint density at radius 1 is 1.04 bits per heavy atom. The zero-order valence-electron chi connectivity index (χ0n) is 14.8. The molecular weight excluding hydrogens is 407 g/mol. The minimum absolute atomic E-state index is 0.0711. The van der Waals surface area contributed by atoms with Crippen LogP contribution in [-0.4, -0.2) is 31.7 Å². The molecule has 0 aliphatic carbocycles. The molecule has 1 amide bonds. The molecule has 8 heteroatoms. The van der Waals surface area contributed by atoms with Gasteiger partial charge in [-0.3, -0.25) is 4.79 Å². The molecule has 1 N–H and O–H groups in total. The minimum Gasteiger partial charge on any atom is -0.322 e. The summed E-state index contributed by atoms with van der Waals surface area (Å²) < 4.78 is 27.2. The number of piperidine rings is 1. The van der Waals surface area contributed by atoms with Crippen LogP contribution in [0.25, 0.3) is 0 Å². The van der Waals surface area contributed by atoms with Crippen LogP contribution in [0.15, 0.2) is 41.3 Å². The Kier molecular flexibility index (Phi) is 6.11. The number of carbonyl (C=O) groups is 1. The monoisotopic (exact) mass is 426 g/mol. The lowest BCUT2D eigenvalue weighted by Crippen LogP contribution is -2.35. The molecular formula is C19H20Cl2N2O3S. The first-order chi connectivity index (χ1) is 12.8. The maximum atomic E-state index is 12.9. The molecule has 0 saturated carbocycles. The smallest absolute Gasteiger partial charge is 0.257 e. The molecule has 0 unspecified atom stereocenters. The fourth-order valence-electron chi connectivity index (χ4n) is 3.03. The number of nitrogens with zero attached hydrogens (tertiary/aromatic N) is 1. The number of benzene rings is 2. The van der Waals surface area contributed by atoms with Crippen molar-refractivity contribution in [1.29, 1.82) is 0 Å². The fraction of sp³-hybridized carbons (Fsp3) is 0.316. The third-order valence-electron chi connectivity index (χ3n) is 4.65. The van der Waals surface area contributed by atoms with E-state index in [1.807, 2.05) is 0 Å². The summed E-state index contributed by atoms with van der Waals surface area (Å²) in [5.74, 6) is -0.485. The van der Waals surface area contributed by atoms with E-state index in [2.05, 4.69) is 5.32 Å². The first kappa shape index (κ1) is 20.1. The predicted octanol–water partition coefficient (Wildman–Crippen LogP) is 4.73. The van der Waals surface area contributed by atoms with Crippen molar-refractivity contribution in [2.24, 2.45) is 0 Å². The first-order valence-electron chi connectivity index (χ1n) is 8.67. The molecule has 1 saturated heterocycles. The summed E-state index contributed by atoms with van der Waals surface area (Å²) in [5.41, 5.74) is 1.38. The van der Waals surface area contributed by atoms with Crippen LogP contribution in [0.5, 0.6) is 0 Å². The molecule has 5 nitrogen and oxygen atoms in total. The van der Waals surface area contributed by atoms with Crippen molar-refractivity contribution in [3.63, 3.8) is 0 Å². The van der Waals surface area contributed by atoms with Gasteiger partial charge in [-0.25, -0.2) is 8.42 Å². The van der Waals surface area contributed by atoms with Gasteiger partial charge in [0, 0.05) is 23.8 Å². The van der Waals surface area contributed by atoms with Crippen LogP contribution < -0.4 is 5.32 Å². The quantitative estimate of drug-likeness (QED) is 0.767. The van der Waals surface area contributed by atoms with Crippen molar-refractivity contribution in [3.8, 4) is 0 Å². The van der Waals surface area contributed by atoms with Gasteiger partial charge in [-0.1, -0.05) is 35.7 Å². The van der Waals surface area contributed by atoms with Crippen molar-refractivity contribution in [2.75, 3.05) is 18.4 Å². The van der Waals surface area contributed by atoms with E-state index >= 15 is 0 Å². The zero-order valence-corrected chi connectivity index (χ0v) is 17.2. The van der Waals surface area contributed by atoms with Gasteiger partial charge in [-0.2, -0.15) is 4.31 Å². The highest BCUT2D eigenvalue weighted by atomic mass is 35.5. The number of sulfonamides is 1. The van der Waals surface area contributed by atoms with Crippen LogP contribution >= 0.6 is 23.2 Å². The highest BCUT2D eigenvalue weighted by Crippen LogP contribution is 2.27. The summed E-state index contributed by atoms with van der Waals surface area (Å²) in [7, 11) is -3.65. The summed E-state index contributed by atoms with van der Waals surface area (Å²) >= 11 is 12.3. The molecule has 0 bridgehead atoms. The largest absolute Gasteiger partial charge is 0.322 e. The van der Waals surface area contributed by atoms with E-state index in [0.29, 0.717) is 23.8 Å². The summed E-state index contributed by atoms with van der Waals surface area (Å²) in [6.07, 6.45) is 2.71. The van der Waals surface area contributed by atoms with E-state index in [4.69, 9.17) is 23.2 Å². The Bertz CT molecular complexity index is 971. The molecule has 27 heavy (non-hydrogen) atoms. The fourth-order valence-corrected chi connectivity index (χ4v) is 4.95. The molecule has 2 aromatic carbocycles. The van der Waals surface area contributed by atoms with Gasteiger partial charge in [0.05, 0.1) is 15.5 Å². The van der Waals surface area contributed by atoms with Gasteiger partial charge < -0.3 is 5.32 Å². The van der Waals surface area contributed by atoms with Gasteiger partial charge in [-0.15, -0.1) is 0 Å². The topological polar surface area (TPSA) is 66.5 Å². The number of rotatable bonds is 4. The lowest BCUT2D eigenvalue weighted by Gasteiger charge is -2.26. The predicted molar refractivity (Wildman–Crippen MR) is 108 cm³/mol. The van der Waals surface area contributed by atoms with Gasteiger partial charge in [-0.05, 0) is 55.7 Å². The van der Waals surface area contributed by atoms with Crippen LogP contribution in [0.3, 0.4) is 0 Å². The SMILES string of the molecule is Cc1c(Cl)cccc1NC(=O)c1cc(S(=O)(=O)N2CCCCC2)ccc1Cl. The van der Waals surface area contributed by atoms with Crippen molar-refractivity contribution in [1.82, 2.24) is 4.31 Å². The molecule has 1 aliphatic heterocycles. The summed E-state index contributed by atoms with van der Waals surface area (Å²) in [6, 6.07) is 9.39. The van der Waals surface area contributed by atoms with Crippen LogP contribution in [0.4, 0.5) is 5.69 Å². The summed E-state index contributed by atoms with van der Waals surface area (Å²) in [4.78, 5) is 12.8. The second-order valence-corrected chi connectivity index (χ2v) is 9.23. The summed E-state index contributed by atoms with van der Waals surface area (Å²) in [5, 5.41) is 3.46. The van der Waals surface area contributed by atoms with Crippen LogP contribution in [0.2, 0.25) is 10.0 Å². The second kappa shape index (κ2) is 8.19. The molecule has 0 atom stereocenters. The Hall–Kier alpha value is -1.60. The standard InChI is InChI=1S/C19H20Cl2N2O3S/c1-13-16(20)6-5-7-18(13)22-19(24)15-12-14(8-9-17(15)21)27(25,26)23-10-3-2-4-11-23/h5-9,12H,2-4,10-11H2,1H3,(H,22,24). The normalized spacial score (nSPS) is 15.5. The van der Waals surface area contributed by atoms with Gasteiger partial charge >= 0.3 is 0 Å². The molecule has 144 valence electrons. The molecule has 1 heterocycles. The van der Waals surface area contributed by atoms with Gasteiger partial charge in [0.15, 0.2) is 0 Å². The number of anilines is 1. The van der Waals surface area contributed by atoms with Crippen molar-refractivity contribution >= 4 is 44.8 Å². The van der Waals surface area contributed by atoms with E-state index in [0.717, 1.165) is 24.8 Å². The van der Waals surface area contributed by atoms with Gasteiger partial charge in [0.2, 0.25) is 10.0 Å². The van der Waals surface area contributed by atoms with Crippen molar-refractivity contribution in [2.45, 2.75) is 31.1 Å². The third-order valence-corrected chi connectivity index (χ3v) is 7.28. The average molecular weight is 427 g/mol. The van der Waals surface area contributed by atoms with Crippen molar-refractivity contribution < 1.29 is 13.2 Å². The molecule has 3 rings (SSSR count). The number of halogens is 2. The van der Waals surface area contributed by atoms with E-state index in [1.54, 1.807) is 25.1 Å².